The molecular weight excluding hydrogens is 519 g/mol. The van der Waals surface area contributed by atoms with Gasteiger partial charge in [0.25, 0.3) is 5.91 Å². The average Bonchev–Trinajstić information content (AvgIpc) is 3.22. The van der Waals surface area contributed by atoms with Crippen LogP contribution in [0.2, 0.25) is 0 Å². The van der Waals surface area contributed by atoms with Crippen LogP contribution in [-0.2, 0) is 41.8 Å². The maximum absolute atomic E-state index is 14.1. The second-order valence-electron chi connectivity index (χ2n) is 8.20. The van der Waals surface area contributed by atoms with E-state index in [2.05, 4.69) is 0 Å². The molecule has 1 spiro atoms. The lowest BCUT2D eigenvalue weighted by Gasteiger charge is -2.32. The minimum Gasteiger partial charge on any atom is -0.304 e. The lowest BCUT2D eigenvalue weighted by molar-refractivity contribution is -0.123. The molecule has 2 aliphatic heterocycles. The topological polar surface area (TPSA) is 118 Å². The number of carbonyl (C=O) groups excluding carboxylic acids is 2. The number of primary sulfonamides is 1. The van der Waals surface area contributed by atoms with E-state index in [0.29, 0.717) is 11.6 Å². The van der Waals surface area contributed by atoms with Gasteiger partial charge in [0.15, 0.2) is 11.6 Å². The van der Waals surface area contributed by atoms with Gasteiger partial charge in [-0.2, -0.15) is 0 Å². The van der Waals surface area contributed by atoms with Crippen LogP contribution in [0.5, 0.6) is 0 Å². The van der Waals surface area contributed by atoms with Crippen molar-refractivity contribution in [1.82, 2.24) is 0 Å². The molecule has 0 saturated carbocycles. The van der Waals surface area contributed by atoms with E-state index in [0.717, 1.165) is 29.2 Å². The fourth-order valence-corrected chi connectivity index (χ4v) is 6.71. The average molecular weight is 536 g/mol. The third kappa shape index (κ3) is 3.53. The van der Waals surface area contributed by atoms with Crippen molar-refractivity contribution in [1.29, 1.82) is 0 Å². The number of nitrogens with zero attached hydrogens (tertiary/aromatic N) is 2. The molecule has 2 heterocycles. The molecule has 0 bridgehead atoms. The standard InChI is InChI=1S/C23H16F3N3O5S2/c24-14-3-1-13(2-4-14)11-28-20-8-6-16(36(27,33)34)10-17(20)23(22(28)31)29(21(30)12-35(23)32)15-5-7-18(25)19(26)9-15/h1-10H,11-12H2,(H2,27,33,34). The molecule has 36 heavy (non-hydrogen) atoms. The number of hydrogen-bond donors (Lipinski definition) is 1. The van der Waals surface area contributed by atoms with Gasteiger partial charge >= 0.3 is 0 Å². The Labute approximate surface area is 205 Å². The van der Waals surface area contributed by atoms with E-state index < -0.39 is 65.6 Å². The zero-order valence-electron chi connectivity index (χ0n) is 18.2. The highest BCUT2D eigenvalue weighted by atomic mass is 32.2. The van der Waals surface area contributed by atoms with Crippen molar-refractivity contribution < 1.29 is 35.4 Å². The van der Waals surface area contributed by atoms with Gasteiger partial charge in [0.05, 0.1) is 27.9 Å². The summed E-state index contributed by atoms with van der Waals surface area (Å²) in [4.78, 5) is 26.4. The second-order valence-corrected chi connectivity index (χ2v) is 11.3. The van der Waals surface area contributed by atoms with Crippen LogP contribution in [0.3, 0.4) is 0 Å². The fourth-order valence-electron chi connectivity index (χ4n) is 4.48. The molecule has 1 fully saturated rings. The monoisotopic (exact) mass is 535 g/mol. The van der Waals surface area contributed by atoms with Gasteiger partial charge in [-0.15, -0.1) is 0 Å². The van der Waals surface area contributed by atoms with Crippen LogP contribution in [0.25, 0.3) is 0 Å². The number of carbonyl (C=O) groups is 2. The van der Waals surface area contributed by atoms with Gasteiger partial charge in [-0.3, -0.25) is 18.7 Å². The number of rotatable bonds is 4. The van der Waals surface area contributed by atoms with Crippen molar-refractivity contribution in [3.63, 3.8) is 0 Å². The molecular formula is C23H16F3N3O5S2. The maximum atomic E-state index is 14.1. The van der Waals surface area contributed by atoms with E-state index in [9.17, 15) is 35.4 Å². The number of nitrogens with two attached hydrogens (primary N) is 1. The minimum absolute atomic E-state index is 0.102. The SMILES string of the molecule is NS(=O)(=O)c1ccc2c(c1)C1(C(=O)N2Cc2ccc(F)cc2)N(c2ccc(F)c(F)c2)C(=O)CS1=O. The van der Waals surface area contributed by atoms with E-state index in [1.807, 2.05) is 0 Å². The van der Waals surface area contributed by atoms with Crippen molar-refractivity contribution in [3.8, 4) is 0 Å². The van der Waals surface area contributed by atoms with Gasteiger partial charge in [0.1, 0.15) is 11.6 Å². The van der Waals surface area contributed by atoms with Gasteiger partial charge in [0.2, 0.25) is 20.8 Å². The number of fused-ring (bicyclic) bond motifs is 2. The number of amides is 2. The lowest BCUT2D eigenvalue weighted by Crippen LogP contribution is -2.52. The molecule has 0 aromatic heterocycles. The third-order valence-electron chi connectivity index (χ3n) is 6.05. The molecule has 3 aromatic carbocycles. The molecule has 2 aliphatic rings. The number of halogens is 3. The Bertz CT molecular complexity index is 1580. The van der Waals surface area contributed by atoms with Gasteiger partial charge < -0.3 is 4.90 Å². The Morgan fingerprint density at radius 3 is 2.28 bits per heavy atom. The first-order valence-electron chi connectivity index (χ1n) is 10.3. The van der Waals surface area contributed by atoms with Crippen molar-refractivity contribution in [2.24, 2.45) is 5.14 Å². The van der Waals surface area contributed by atoms with E-state index >= 15 is 0 Å². The summed E-state index contributed by atoms with van der Waals surface area (Å²) in [6, 6.07) is 11.2. The predicted molar refractivity (Wildman–Crippen MR) is 124 cm³/mol. The first-order valence-corrected chi connectivity index (χ1v) is 13.2. The fraction of sp³-hybridized carbons (Fsp3) is 0.130. The van der Waals surface area contributed by atoms with Crippen molar-refractivity contribution >= 4 is 44.0 Å². The van der Waals surface area contributed by atoms with Crippen molar-refractivity contribution in [3.05, 3.63) is 89.2 Å². The van der Waals surface area contributed by atoms with Gasteiger partial charge in [0, 0.05) is 17.3 Å². The van der Waals surface area contributed by atoms with Crippen molar-refractivity contribution in [2.45, 2.75) is 16.3 Å². The molecule has 2 amide bonds. The largest absolute Gasteiger partial charge is 0.304 e. The Morgan fingerprint density at radius 2 is 1.64 bits per heavy atom. The van der Waals surface area contributed by atoms with Crippen LogP contribution in [-0.4, -0.2) is 30.2 Å². The molecule has 1 saturated heterocycles. The highest BCUT2D eigenvalue weighted by Gasteiger charge is 2.65. The highest BCUT2D eigenvalue weighted by molar-refractivity contribution is 7.89. The van der Waals surface area contributed by atoms with Crippen LogP contribution in [0.15, 0.2) is 65.6 Å². The molecule has 2 unspecified atom stereocenters. The minimum atomic E-state index is -4.28. The van der Waals surface area contributed by atoms with Crippen LogP contribution in [0, 0.1) is 17.5 Å². The number of benzene rings is 3. The molecule has 0 aliphatic carbocycles. The molecule has 8 nitrogen and oxygen atoms in total. The summed E-state index contributed by atoms with van der Waals surface area (Å²) in [5.74, 6) is -5.32. The van der Waals surface area contributed by atoms with Gasteiger partial charge in [-0.05, 0) is 48.0 Å². The summed E-state index contributed by atoms with van der Waals surface area (Å²) in [6.45, 7) is -0.139. The summed E-state index contributed by atoms with van der Waals surface area (Å²) in [5.41, 5.74) is 0.272. The summed E-state index contributed by atoms with van der Waals surface area (Å²) in [7, 11) is -6.54. The highest BCUT2D eigenvalue weighted by Crippen LogP contribution is 2.52. The molecule has 5 rings (SSSR count). The number of sulfonamides is 1. The number of anilines is 2. The zero-order chi connectivity index (χ0) is 26.0. The van der Waals surface area contributed by atoms with Crippen molar-refractivity contribution in [2.75, 3.05) is 15.6 Å². The van der Waals surface area contributed by atoms with Gasteiger partial charge in [-0.25, -0.2) is 26.7 Å². The summed E-state index contributed by atoms with van der Waals surface area (Å²) >= 11 is 0. The third-order valence-corrected chi connectivity index (χ3v) is 8.71. The number of hydrogen-bond acceptors (Lipinski definition) is 5. The second kappa shape index (κ2) is 8.25. The lowest BCUT2D eigenvalue weighted by atomic mass is 10.0. The predicted octanol–water partition coefficient (Wildman–Crippen LogP) is 2.25. The maximum Gasteiger partial charge on any atom is 0.271 e. The zero-order valence-corrected chi connectivity index (χ0v) is 19.8. The first-order chi connectivity index (χ1) is 16.9. The Hall–Kier alpha value is -3.55. The van der Waals surface area contributed by atoms with Crippen LogP contribution in [0.4, 0.5) is 24.5 Å². The summed E-state index contributed by atoms with van der Waals surface area (Å²) in [6.07, 6.45) is 0. The normalized spacial score (nSPS) is 21.5. The molecule has 3 aromatic rings. The van der Waals surface area contributed by atoms with Gasteiger partial charge in [-0.1, -0.05) is 12.1 Å². The molecule has 2 N–H and O–H groups in total. The Kier molecular flexibility index (Phi) is 5.54. The Balaban J connectivity index is 1.76. The smallest absolute Gasteiger partial charge is 0.271 e. The summed E-state index contributed by atoms with van der Waals surface area (Å²) in [5, 5.41) is 5.28. The van der Waals surface area contributed by atoms with E-state index in [4.69, 9.17) is 5.14 Å². The first kappa shape index (κ1) is 24.2. The van der Waals surface area contributed by atoms with Crippen LogP contribution < -0.4 is 14.9 Å². The molecule has 2 atom stereocenters. The van der Waals surface area contributed by atoms with Crippen LogP contribution in [0.1, 0.15) is 11.1 Å². The molecule has 0 radical (unpaired) electrons. The summed E-state index contributed by atoms with van der Waals surface area (Å²) < 4.78 is 78.9. The van der Waals surface area contributed by atoms with E-state index in [1.165, 1.54) is 35.2 Å². The van der Waals surface area contributed by atoms with Crippen LogP contribution >= 0.6 is 0 Å². The Morgan fingerprint density at radius 1 is 0.944 bits per heavy atom. The molecule has 186 valence electrons. The van der Waals surface area contributed by atoms with E-state index in [-0.39, 0.29) is 23.5 Å². The quantitative estimate of drug-likeness (QED) is 0.550. The van der Waals surface area contributed by atoms with E-state index in [1.54, 1.807) is 0 Å². The molecule has 13 heteroatoms.